The Morgan fingerprint density at radius 1 is 1.53 bits per heavy atom. The number of rotatable bonds is 3. The Balaban J connectivity index is 3.16. The molecular formula is C9H6ClF3N2O2. The molecule has 0 atom stereocenters. The fourth-order valence-electron chi connectivity index (χ4n) is 1.13. The zero-order valence-electron chi connectivity index (χ0n) is 8.25. The summed E-state index contributed by atoms with van der Waals surface area (Å²) in [4.78, 5) is 3.29. The lowest BCUT2D eigenvalue weighted by atomic mass is 10.1. The van der Waals surface area contributed by atoms with Gasteiger partial charge in [0.15, 0.2) is 5.75 Å². The fraction of sp³-hybridized carbons (Fsp3) is 0.333. The highest BCUT2D eigenvalue weighted by molar-refractivity contribution is 6.17. The summed E-state index contributed by atoms with van der Waals surface area (Å²) in [5.74, 6) is -2.03. The van der Waals surface area contributed by atoms with Crippen molar-refractivity contribution in [2.24, 2.45) is 0 Å². The maximum atomic E-state index is 11.9. The number of nitrogens with zero attached hydrogens (tertiary/aromatic N) is 2. The van der Waals surface area contributed by atoms with Gasteiger partial charge in [0.1, 0.15) is 0 Å². The molecule has 0 aliphatic rings. The van der Waals surface area contributed by atoms with Gasteiger partial charge >= 0.3 is 6.36 Å². The van der Waals surface area contributed by atoms with E-state index in [1.807, 2.05) is 0 Å². The van der Waals surface area contributed by atoms with Crippen LogP contribution in [-0.2, 0) is 12.3 Å². The van der Waals surface area contributed by atoms with Crippen LogP contribution < -0.4 is 4.74 Å². The molecule has 0 radical (unpaired) electrons. The minimum Gasteiger partial charge on any atom is -0.503 e. The first-order valence-corrected chi connectivity index (χ1v) is 4.81. The average Bonchev–Trinajstić information content (AvgIpc) is 2.21. The van der Waals surface area contributed by atoms with E-state index < -0.39 is 18.0 Å². The normalized spacial score (nSPS) is 11.0. The summed E-state index contributed by atoms with van der Waals surface area (Å²) in [5.41, 5.74) is 0.261. The third-order valence-electron chi connectivity index (χ3n) is 1.83. The number of alkyl halides is 4. The van der Waals surface area contributed by atoms with E-state index in [4.69, 9.17) is 16.9 Å². The largest absolute Gasteiger partial charge is 0.574 e. The first-order chi connectivity index (χ1) is 7.89. The van der Waals surface area contributed by atoms with Crippen LogP contribution in [0.4, 0.5) is 13.2 Å². The molecule has 0 saturated heterocycles. The standard InChI is InChI=1S/C9H6ClF3N2O2/c10-3-6-5(1-2-14)4-15-8(7(6)16)17-9(11,12)13/h4,16H,1,3H2. The molecule has 0 bridgehead atoms. The minimum absolute atomic E-state index is 0.00228. The molecule has 0 aliphatic heterocycles. The third-order valence-corrected chi connectivity index (χ3v) is 2.10. The van der Waals surface area contributed by atoms with Crippen molar-refractivity contribution in [3.63, 3.8) is 0 Å². The smallest absolute Gasteiger partial charge is 0.503 e. The maximum absolute atomic E-state index is 11.9. The molecule has 1 heterocycles. The molecule has 0 aromatic carbocycles. The van der Waals surface area contributed by atoms with E-state index in [1.165, 1.54) is 0 Å². The van der Waals surface area contributed by atoms with Gasteiger partial charge in [0.05, 0.1) is 18.4 Å². The van der Waals surface area contributed by atoms with E-state index in [9.17, 15) is 18.3 Å². The molecular weight excluding hydrogens is 261 g/mol. The molecule has 8 heteroatoms. The van der Waals surface area contributed by atoms with E-state index in [2.05, 4.69) is 9.72 Å². The number of nitriles is 1. The van der Waals surface area contributed by atoms with Gasteiger partial charge in [-0.1, -0.05) is 0 Å². The van der Waals surface area contributed by atoms with Gasteiger partial charge < -0.3 is 9.84 Å². The Kier molecular flexibility index (Phi) is 4.02. The molecule has 0 saturated carbocycles. The van der Waals surface area contributed by atoms with Crippen LogP contribution in [0.5, 0.6) is 11.6 Å². The first kappa shape index (κ1) is 13.4. The highest BCUT2D eigenvalue weighted by Gasteiger charge is 2.33. The zero-order valence-corrected chi connectivity index (χ0v) is 9.01. The van der Waals surface area contributed by atoms with E-state index >= 15 is 0 Å². The average molecular weight is 267 g/mol. The maximum Gasteiger partial charge on any atom is 0.574 e. The van der Waals surface area contributed by atoms with Gasteiger partial charge in [0.25, 0.3) is 5.88 Å². The van der Waals surface area contributed by atoms with Gasteiger partial charge in [-0.2, -0.15) is 5.26 Å². The summed E-state index contributed by atoms with van der Waals surface area (Å²) in [7, 11) is 0. The van der Waals surface area contributed by atoms with Crippen LogP contribution in [0.3, 0.4) is 0 Å². The number of ether oxygens (including phenoxy) is 1. The van der Waals surface area contributed by atoms with Gasteiger partial charge in [-0.3, -0.25) is 0 Å². The van der Waals surface area contributed by atoms with Crippen LogP contribution in [0.25, 0.3) is 0 Å². The van der Waals surface area contributed by atoms with Gasteiger partial charge in [-0.25, -0.2) is 4.98 Å². The van der Waals surface area contributed by atoms with Crippen LogP contribution in [0.2, 0.25) is 0 Å². The second-order valence-corrected chi connectivity index (χ2v) is 3.20. The van der Waals surface area contributed by atoms with Crippen molar-refractivity contribution in [3.8, 4) is 17.7 Å². The Hall–Kier alpha value is -1.68. The minimum atomic E-state index is -4.95. The molecule has 92 valence electrons. The van der Waals surface area contributed by atoms with E-state index in [0.717, 1.165) is 6.20 Å². The second-order valence-electron chi connectivity index (χ2n) is 2.93. The quantitative estimate of drug-likeness (QED) is 0.854. The number of aromatic hydroxyl groups is 1. The highest BCUT2D eigenvalue weighted by atomic mass is 35.5. The van der Waals surface area contributed by atoms with Crippen LogP contribution in [0.15, 0.2) is 6.20 Å². The number of aromatic nitrogens is 1. The molecule has 1 rings (SSSR count). The monoisotopic (exact) mass is 266 g/mol. The fourth-order valence-corrected chi connectivity index (χ4v) is 1.43. The molecule has 0 unspecified atom stereocenters. The summed E-state index contributed by atoms with van der Waals surface area (Å²) in [6.07, 6.45) is -4.05. The second kappa shape index (κ2) is 5.10. The third kappa shape index (κ3) is 3.39. The molecule has 1 N–H and O–H groups in total. The lowest BCUT2D eigenvalue weighted by Crippen LogP contribution is -2.18. The molecule has 4 nitrogen and oxygen atoms in total. The van der Waals surface area contributed by atoms with Crippen molar-refractivity contribution in [1.29, 1.82) is 5.26 Å². The van der Waals surface area contributed by atoms with E-state index in [1.54, 1.807) is 6.07 Å². The summed E-state index contributed by atoms with van der Waals surface area (Å²) in [6, 6.07) is 1.78. The number of halogens is 4. The van der Waals surface area contributed by atoms with Crippen LogP contribution in [0.1, 0.15) is 11.1 Å². The summed E-state index contributed by atoms with van der Waals surface area (Å²) >= 11 is 5.48. The van der Waals surface area contributed by atoms with Gasteiger partial charge in [-0.15, -0.1) is 24.8 Å². The van der Waals surface area contributed by atoms with Crippen molar-refractivity contribution in [2.75, 3.05) is 0 Å². The number of hydrogen-bond acceptors (Lipinski definition) is 4. The van der Waals surface area contributed by atoms with Gasteiger partial charge in [0.2, 0.25) is 0 Å². The molecule has 0 fully saturated rings. The zero-order chi connectivity index (χ0) is 13.1. The summed E-state index contributed by atoms with van der Waals surface area (Å²) in [5, 5.41) is 18.0. The van der Waals surface area contributed by atoms with Crippen molar-refractivity contribution in [1.82, 2.24) is 4.98 Å². The SMILES string of the molecule is N#CCc1cnc(OC(F)(F)F)c(O)c1CCl. The lowest BCUT2D eigenvalue weighted by molar-refractivity contribution is -0.276. The highest BCUT2D eigenvalue weighted by Crippen LogP contribution is 2.34. The van der Waals surface area contributed by atoms with E-state index in [-0.39, 0.29) is 23.4 Å². The molecule has 0 aliphatic carbocycles. The van der Waals surface area contributed by atoms with Crippen LogP contribution in [0, 0.1) is 11.3 Å². The molecule has 0 spiro atoms. The van der Waals surface area contributed by atoms with Crippen molar-refractivity contribution in [3.05, 3.63) is 17.3 Å². The Labute approximate surface area is 99.2 Å². The Morgan fingerprint density at radius 3 is 2.65 bits per heavy atom. The Morgan fingerprint density at radius 2 is 2.18 bits per heavy atom. The predicted octanol–water partition coefficient (Wildman–Crippen LogP) is 2.49. The summed E-state index contributed by atoms with van der Waals surface area (Å²) < 4.78 is 39.3. The Bertz CT molecular complexity index is 457. The molecule has 1 aromatic heterocycles. The van der Waals surface area contributed by atoms with Crippen molar-refractivity contribution >= 4 is 11.6 Å². The number of hydrogen-bond donors (Lipinski definition) is 1. The van der Waals surface area contributed by atoms with Crippen molar-refractivity contribution < 1.29 is 23.0 Å². The van der Waals surface area contributed by atoms with E-state index in [0.29, 0.717) is 0 Å². The van der Waals surface area contributed by atoms with Gasteiger partial charge in [-0.05, 0) is 5.56 Å². The molecule has 0 amide bonds. The van der Waals surface area contributed by atoms with Crippen LogP contribution in [-0.4, -0.2) is 16.5 Å². The van der Waals surface area contributed by atoms with Crippen molar-refractivity contribution in [2.45, 2.75) is 18.7 Å². The topological polar surface area (TPSA) is 66.1 Å². The predicted molar refractivity (Wildman–Crippen MR) is 51.5 cm³/mol. The molecule has 17 heavy (non-hydrogen) atoms. The lowest BCUT2D eigenvalue weighted by Gasteiger charge is -2.12. The van der Waals surface area contributed by atoms with Crippen LogP contribution >= 0.6 is 11.6 Å². The molecule has 1 aromatic rings. The van der Waals surface area contributed by atoms with Gasteiger partial charge in [0, 0.05) is 11.8 Å². The first-order valence-electron chi connectivity index (χ1n) is 4.27. The summed E-state index contributed by atoms with van der Waals surface area (Å²) in [6.45, 7) is 0. The number of pyridine rings is 1.